The number of aliphatic carboxylic acids is 1. The van der Waals surface area contributed by atoms with Crippen LogP contribution in [0.1, 0.15) is 98.5 Å². The van der Waals surface area contributed by atoms with Gasteiger partial charge in [0, 0.05) is 26.4 Å². The Labute approximate surface area is 384 Å². The van der Waals surface area contributed by atoms with Crippen LogP contribution >= 0.6 is 0 Å². The normalized spacial score (nSPS) is 25.7. The summed E-state index contributed by atoms with van der Waals surface area (Å²) in [6.07, 6.45) is -3.51. The summed E-state index contributed by atoms with van der Waals surface area (Å²) in [6.45, 7) is 9.70. The number of hydrogen-bond acceptors (Lipinski definition) is 12. The van der Waals surface area contributed by atoms with Crippen molar-refractivity contribution in [3.05, 3.63) is 35.9 Å². The van der Waals surface area contributed by atoms with Crippen LogP contribution in [-0.4, -0.2) is 147 Å². The summed E-state index contributed by atoms with van der Waals surface area (Å²) in [5, 5.41) is 33.7. The van der Waals surface area contributed by atoms with Gasteiger partial charge in [0.1, 0.15) is 54.6 Å². The third-order valence-corrected chi connectivity index (χ3v) is 11.7. The quantitative estimate of drug-likeness (QED) is 0.0406. The highest BCUT2D eigenvalue weighted by atomic mass is 16.5. The van der Waals surface area contributed by atoms with E-state index in [1.165, 1.54) is 18.9 Å². The van der Waals surface area contributed by atoms with Crippen LogP contribution in [0, 0.1) is 11.8 Å². The maximum absolute atomic E-state index is 14.7. The molecule has 0 aromatic heterocycles. The van der Waals surface area contributed by atoms with Gasteiger partial charge in [-0.25, -0.2) is 4.79 Å². The minimum Gasteiger partial charge on any atom is -0.481 e. The molecule has 0 radical (unpaired) electrons. The Balaban J connectivity index is 2.25. The van der Waals surface area contributed by atoms with E-state index in [9.17, 15) is 53.4 Å². The van der Waals surface area contributed by atoms with E-state index in [4.69, 9.17) is 16.2 Å². The minimum atomic E-state index is -1.85. The van der Waals surface area contributed by atoms with Gasteiger partial charge in [-0.05, 0) is 56.4 Å². The highest BCUT2D eigenvalue weighted by Crippen LogP contribution is 2.26. The van der Waals surface area contributed by atoms with E-state index in [2.05, 4.69) is 31.6 Å². The van der Waals surface area contributed by atoms with E-state index in [0.29, 0.717) is 18.4 Å². The molecule has 11 N–H and O–H groups in total. The number of amides is 7. The number of rotatable bonds is 16. The molecule has 2 saturated heterocycles. The Morgan fingerprint density at radius 2 is 1.61 bits per heavy atom. The summed E-state index contributed by atoms with van der Waals surface area (Å²) in [6, 6.07) is -1.59. The molecule has 0 saturated carbocycles. The first-order valence-corrected chi connectivity index (χ1v) is 22.4. The van der Waals surface area contributed by atoms with Crippen molar-refractivity contribution in [3.8, 4) is 0 Å². The highest BCUT2D eigenvalue weighted by molar-refractivity contribution is 5.99. The summed E-state index contributed by atoms with van der Waals surface area (Å²) < 4.78 is 5.85. The zero-order valence-electron chi connectivity index (χ0n) is 38.8. The van der Waals surface area contributed by atoms with Gasteiger partial charge in [0.2, 0.25) is 41.4 Å². The Bertz CT molecular complexity index is 1930. The summed E-state index contributed by atoms with van der Waals surface area (Å²) >= 11 is 0. The number of esters is 1. The number of nitrogens with zero attached hydrogens (tertiary/aromatic N) is 3. The topological polar surface area (TPSA) is 334 Å². The van der Waals surface area contributed by atoms with Gasteiger partial charge in [-0.3, -0.25) is 43.3 Å². The summed E-state index contributed by atoms with van der Waals surface area (Å²) in [7, 11) is 1.38. The number of ether oxygens (including phenoxy) is 1. The van der Waals surface area contributed by atoms with Gasteiger partial charge in [-0.2, -0.15) is 0 Å². The number of carboxylic acids is 1. The van der Waals surface area contributed by atoms with Crippen molar-refractivity contribution in [1.82, 2.24) is 36.4 Å². The van der Waals surface area contributed by atoms with Crippen LogP contribution in [-0.2, 0) is 54.3 Å². The number of guanidine groups is 1. The number of aliphatic hydroxyl groups is 1. The molecule has 1 aromatic carbocycles. The number of carbonyl (C=O) groups is 9. The molecular weight excluding hydrogens is 861 g/mol. The van der Waals surface area contributed by atoms with Crippen molar-refractivity contribution in [2.45, 2.75) is 154 Å². The van der Waals surface area contributed by atoms with Gasteiger partial charge in [-0.1, -0.05) is 71.4 Å². The van der Waals surface area contributed by atoms with Crippen molar-refractivity contribution in [3.63, 3.8) is 0 Å². The fourth-order valence-electron chi connectivity index (χ4n) is 7.77. The molecule has 66 heavy (non-hydrogen) atoms. The summed E-state index contributed by atoms with van der Waals surface area (Å²) in [4.78, 5) is 131. The van der Waals surface area contributed by atoms with Gasteiger partial charge in [0.25, 0.3) is 0 Å². The molecule has 22 nitrogen and oxygen atoms in total. The first kappa shape index (κ1) is 54.0. The third-order valence-electron chi connectivity index (χ3n) is 11.7. The van der Waals surface area contributed by atoms with Crippen LogP contribution in [0.25, 0.3) is 0 Å². The van der Waals surface area contributed by atoms with E-state index < -0.39 is 126 Å². The lowest BCUT2D eigenvalue weighted by molar-refractivity contribution is -0.167. The number of carboxylic acid groups (broad SMARTS) is 1. The van der Waals surface area contributed by atoms with E-state index in [0.717, 1.165) is 4.90 Å². The fourth-order valence-corrected chi connectivity index (χ4v) is 7.77. The van der Waals surface area contributed by atoms with Crippen LogP contribution in [0.15, 0.2) is 35.3 Å². The number of aliphatic imine (C=N–C) groups is 1. The molecule has 7 amide bonds. The molecule has 1 unspecified atom stereocenters. The average molecular weight is 929 g/mol. The van der Waals surface area contributed by atoms with Crippen molar-refractivity contribution >= 4 is 59.2 Å². The Morgan fingerprint density at radius 1 is 0.939 bits per heavy atom. The lowest BCUT2D eigenvalue weighted by Gasteiger charge is -2.44. The Hall–Kier alpha value is -6.32. The molecule has 2 aliphatic rings. The number of cyclic esters (lactones) is 1. The molecule has 0 spiro atoms. The van der Waals surface area contributed by atoms with Crippen LogP contribution in [0.5, 0.6) is 0 Å². The maximum atomic E-state index is 14.7. The van der Waals surface area contributed by atoms with E-state index >= 15 is 0 Å². The van der Waals surface area contributed by atoms with Gasteiger partial charge < -0.3 is 62.8 Å². The van der Waals surface area contributed by atoms with E-state index in [1.807, 2.05) is 0 Å². The molecule has 2 heterocycles. The molecule has 2 aliphatic heterocycles. The Morgan fingerprint density at radius 3 is 2.20 bits per heavy atom. The number of piperidine rings is 1. The second kappa shape index (κ2) is 25.4. The first-order chi connectivity index (χ1) is 31.1. The number of likely N-dealkylation sites (N-methyl/N-ethyl adjacent to an activating group) is 1. The minimum absolute atomic E-state index is 0.00645. The molecule has 1 aromatic rings. The van der Waals surface area contributed by atoms with Crippen LogP contribution in [0.2, 0.25) is 0 Å². The molecule has 2 bridgehead atoms. The predicted octanol–water partition coefficient (Wildman–Crippen LogP) is -1.23. The second-order valence-corrected chi connectivity index (χ2v) is 17.2. The standard InChI is InChI=1S/C44H68N10O12/c1-8-14-31(55)48-29(22-33(57)58)38(60)52-35-25(6)66-43(65)34(24(5)9-2)51-39(61)30(21-26-15-11-10-12-16-26)53(7)42(64)36(23(3)4)54-32(56)19-18-28(41(54)63)50-37(59)27(49-40(35)62)17-13-20-47-44(45)46/h10-12,15-16,23-25,27-30,32,34-36,56H,8-9,13-14,17-22H2,1-7H3,(H,48,55)(H,49,62)(H,50,59)(H,51,61)(H,52,60)(H,57,58)(H4,45,46,47)/t24-,25-,27-,28-,29+,30-,32+,34?,35-,36-/m0/s1. The number of carbonyl (C=O) groups excluding carboxylic acids is 8. The number of aliphatic hydroxyl groups excluding tert-OH is 1. The van der Waals surface area contributed by atoms with Crippen LogP contribution < -0.4 is 38.1 Å². The molecule has 3 rings (SSSR count). The number of nitrogens with one attached hydrogen (secondary N) is 5. The number of fused-ring (bicyclic) bond motifs is 2. The second-order valence-electron chi connectivity index (χ2n) is 17.2. The van der Waals surface area contributed by atoms with Crippen molar-refractivity contribution in [2.24, 2.45) is 28.3 Å². The van der Waals surface area contributed by atoms with E-state index in [1.54, 1.807) is 65.0 Å². The van der Waals surface area contributed by atoms with Gasteiger partial charge in [0.05, 0.1) is 6.42 Å². The maximum Gasteiger partial charge on any atom is 0.329 e. The highest BCUT2D eigenvalue weighted by Gasteiger charge is 2.46. The summed E-state index contributed by atoms with van der Waals surface area (Å²) in [5.74, 6) is -10.0. The molecule has 366 valence electrons. The SMILES string of the molecule is CCCC(=O)N[C@H](CC(=O)O)C(=O)N[C@@H]1C(=O)N[C@@H](CCCN=C(N)N)C(=O)N[C@H]2CC[C@@H](O)N(C2=O)[C@@H](C(C)C)C(=O)N(C)[C@@H](Cc2ccccc2)C(=O)NC([C@@H](C)CC)C(=O)O[C@H]1C. The molecule has 0 aliphatic carbocycles. The largest absolute Gasteiger partial charge is 0.481 e. The first-order valence-electron chi connectivity index (χ1n) is 22.4. The van der Waals surface area contributed by atoms with Gasteiger partial charge >= 0.3 is 11.9 Å². The van der Waals surface area contributed by atoms with E-state index in [-0.39, 0.29) is 51.0 Å². The average Bonchev–Trinajstić information content (AvgIpc) is 3.25. The number of benzene rings is 1. The molecular formula is C44H68N10O12. The van der Waals surface area contributed by atoms with Gasteiger partial charge in [-0.15, -0.1) is 0 Å². The lowest BCUT2D eigenvalue weighted by Crippen LogP contribution is -2.66. The lowest BCUT2D eigenvalue weighted by atomic mass is 9.93. The number of hydrogen-bond donors (Lipinski definition) is 9. The molecule has 10 atom stereocenters. The predicted molar refractivity (Wildman–Crippen MR) is 239 cm³/mol. The number of nitrogens with two attached hydrogens (primary N) is 2. The molecule has 2 fully saturated rings. The zero-order valence-corrected chi connectivity index (χ0v) is 38.8. The van der Waals surface area contributed by atoms with Crippen LogP contribution in [0.4, 0.5) is 0 Å². The van der Waals surface area contributed by atoms with Crippen molar-refractivity contribution in [1.29, 1.82) is 0 Å². The van der Waals surface area contributed by atoms with Crippen molar-refractivity contribution < 1.29 is 58.1 Å². The summed E-state index contributed by atoms with van der Waals surface area (Å²) in [5.41, 5.74) is 11.6. The van der Waals surface area contributed by atoms with Crippen LogP contribution in [0.3, 0.4) is 0 Å². The Kier molecular flexibility index (Phi) is 20.8. The fraction of sp³-hybridized carbons (Fsp3) is 0.636. The monoisotopic (exact) mass is 929 g/mol. The smallest absolute Gasteiger partial charge is 0.329 e. The van der Waals surface area contributed by atoms with Gasteiger partial charge in [0.15, 0.2) is 5.96 Å². The zero-order chi connectivity index (χ0) is 49.4. The molecule has 22 heteroatoms. The van der Waals surface area contributed by atoms with Crippen molar-refractivity contribution in [2.75, 3.05) is 13.6 Å². The third kappa shape index (κ3) is 15.1.